The van der Waals surface area contributed by atoms with Gasteiger partial charge in [0, 0.05) is 23.7 Å². The number of halogens is 1. The van der Waals surface area contributed by atoms with Gasteiger partial charge in [-0.3, -0.25) is 10.1 Å². The summed E-state index contributed by atoms with van der Waals surface area (Å²) >= 11 is 5.86. The molecular formula is C22H23ClN4O4S. The number of anilines is 1. The van der Waals surface area contributed by atoms with E-state index in [0.717, 1.165) is 16.7 Å². The van der Waals surface area contributed by atoms with Crippen LogP contribution in [0.15, 0.2) is 51.8 Å². The van der Waals surface area contributed by atoms with Crippen molar-refractivity contribution in [3.05, 3.63) is 58.6 Å². The summed E-state index contributed by atoms with van der Waals surface area (Å²) < 4.78 is 32.8. The quantitative estimate of drug-likeness (QED) is 0.598. The molecule has 0 spiro atoms. The van der Waals surface area contributed by atoms with Gasteiger partial charge in [-0.25, -0.2) is 8.42 Å². The summed E-state index contributed by atoms with van der Waals surface area (Å²) in [6.07, 6.45) is 1.14. The second kappa shape index (κ2) is 9.01. The first-order chi connectivity index (χ1) is 15.2. The topological polar surface area (TPSA) is 105 Å². The highest BCUT2D eigenvalue weighted by molar-refractivity contribution is 7.89. The predicted molar refractivity (Wildman–Crippen MR) is 121 cm³/mol. The van der Waals surface area contributed by atoms with Crippen molar-refractivity contribution in [2.45, 2.75) is 31.6 Å². The molecule has 2 heterocycles. The first-order valence-electron chi connectivity index (χ1n) is 10.2. The second-order valence-electron chi connectivity index (χ2n) is 7.86. The van der Waals surface area contributed by atoms with Crippen LogP contribution in [-0.2, 0) is 14.8 Å². The summed E-state index contributed by atoms with van der Waals surface area (Å²) in [4.78, 5) is 12.9. The van der Waals surface area contributed by atoms with E-state index in [2.05, 4.69) is 15.5 Å². The Morgan fingerprint density at radius 1 is 1.12 bits per heavy atom. The molecule has 1 atom stereocenters. The summed E-state index contributed by atoms with van der Waals surface area (Å²) in [7, 11) is -3.71. The molecule has 32 heavy (non-hydrogen) atoms. The molecule has 3 aromatic rings. The number of benzene rings is 2. The third kappa shape index (κ3) is 4.69. The number of piperidine rings is 1. The zero-order valence-corrected chi connectivity index (χ0v) is 19.3. The van der Waals surface area contributed by atoms with E-state index in [1.54, 1.807) is 0 Å². The maximum atomic E-state index is 12.9. The van der Waals surface area contributed by atoms with E-state index in [4.69, 9.17) is 16.0 Å². The summed E-state index contributed by atoms with van der Waals surface area (Å²) in [5.74, 6) is -0.571. The number of nitrogens with one attached hydrogen (secondary N) is 1. The molecular weight excluding hydrogens is 452 g/mol. The van der Waals surface area contributed by atoms with Crippen LogP contribution in [-0.4, -0.2) is 41.9 Å². The lowest BCUT2D eigenvalue weighted by molar-refractivity contribution is -0.121. The number of hydrogen-bond acceptors (Lipinski definition) is 6. The highest BCUT2D eigenvalue weighted by Crippen LogP contribution is 2.26. The molecule has 168 valence electrons. The van der Waals surface area contributed by atoms with Crippen molar-refractivity contribution in [3.8, 4) is 11.5 Å². The Kier molecular flexibility index (Phi) is 6.32. The Morgan fingerprint density at radius 2 is 1.88 bits per heavy atom. The zero-order valence-electron chi connectivity index (χ0n) is 17.7. The summed E-state index contributed by atoms with van der Waals surface area (Å²) in [5, 5.41) is 11.0. The van der Waals surface area contributed by atoms with Crippen LogP contribution in [0.3, 0.4) is 0 Å². The van der Waals surface area contributed by atoms with Crippen molar-refractivity contribution < 1.29 is 17.6 Å². The maximum absolute atomic E-state index is 12.9. The van der Waals surface area contributed by atoms with Gasteiger partial charge >= 0.3 is 6.01 Å². The molecule has 1 aliphatic rings. The van der Waals surface area contributed by atoms with Gasteiger partial charge in [0.25, 0.3) is 0 Å². The van der Waals surface area contributed by atoms with Gasteiger partial charge in [-0.05, 0) is 74.2 Å². The fraction of sp³-hybridized carbons (Fsp3) is 0.318. The average Bonchev–Trinajstić information content (AvgIpc) is 3.24. The minimum absolute atomic E-state index is 0.0130. The molecule has 1 fully saturated rings. The Bertz CT molecular complexity index is 1240. The van der Waals surface area contributed by atoms with Gasteiger partial charge < -0.3 is 4.42 Å². The van der Waals surface area contributed by atoms with Crippen LogP contribution in [0.1, 0.15) is 24.0 Å². The van der Waals surface area contributed by atoms with E-state index in [-0.39, 0.29) is 23.4 Å². The van der Waals surface area contributed by atoms with Gasteiger partial charge in [0.1, 0.15) is 0 Å². The van der Waals surface area contributed by atoms with Gasteiger partial charge in [0.05, 0.1) is 10.8 Å². The van der Waals surface area contributed by atoms with Crippen LogP contribution in [0.4, 0.5) is 6.01 Å². The van der Waals surface area contributed by atoms with E-state index in [9.17, 15) is 13.2 Å². The minimum atomic E-state index is -3.71. The largest absolute Gasteiger partial charge is 0.403 e. The van der Waals surface area contributed by atoms with E-state index in [1.165, 1.54) is 28.6 Å². The highest BCUT2D eigenvalue weighted by atomic mass is 35.5. The molecule has 8 nitrogen and oxygen atoms in total. The normalized spacial score (nSPS) is 17.3. The lowest BCUT2D eigenvalue weighted by Crippen LogP contribution is -2.43. The van der Waals surface area contributed by atoms with Gasteiger partial charge in [-0.15, -0.1) is 5.10 Å². The van der Waals surface area contributed by atoms with Crippen LogP contribution in [0, 0.1) is 19.8 Å². The Hall–Kier alpha value is -2.75. The van der Waals surface area contributed by atoms with E-state index in [1.807, 2.05) is 32.0 Å². The van der Waals surface area contributed by atoms with Crippen LogP contribution in [0.5, 0.6) is 0 Å². The lowest BCUT2D eigenvalue weighted by Gasteiger charge is -2.30. The third-order valence-corrected chi connectivity index (χ3v) is 7.75. The van der Waals surface area contributed by atoms with Crippen LogP contribution in [0.25, 0.3) is 11.5 Å². The second-order valence-corrected chi connectivity index (χ2v) is 10.2. The van der Waals surface area contributed by atoms with Gasteiger partial charge in [-0.1, -0.05) is 22.8 Å². The third-order valence-electron chi connectivity index (χ3n) is 5.62. The number of rotatable bonds is 5. The number of aryl methyl sites for hydroxylation is 2. The average molecular weight is 475 g/mol. The molecule has 0 radical (unpaired) electrons. The molecule has 2 aromatic carbocycles. The van der Waals surface area contributed by atoms with Crippen LogP contribution >= 0.6 is 11.6 Å². The first kappa shape index (κ1) is 22.4. The fourth-order valence-electron chi connectivity index (χ4n) is 3.60. The number of aromatic nitrogens is 2. The molecule has 1 amide bonds. The monoisotopic (exact) mass is 474 g/mol. The minimum Gasteiger partial charge on any atom is -0.403 e. The molecule has 1 unspecified atom stereocenters. The standard InChI is InChI=1S/C22H23ClN4O4S/c1-14-5-6-16(12-15(14)2)21-25-26-22(31-21)24-20(28)17-4-3-11-27(13-17)32(29,30)19-9-7-18(23)8-10-19/h5-10,12,17H,3-4,11,13H2,1-2H3,(H,24,26,28). The Morgan fingerprint density at radius 3 is 2.59 bits per heavy atom. The number of carbonyl (C=O) groups excluding carboxylic acids is 1. The molecule has 1 aromatic heterocycles. The van der Waals surface area contributed by atoms with Crippen molar-refractivity contribution in [2.75, 3.05) is 18.4 Å². The van der Waals surface area contributed by atoms with E-state index < -0.39 is 15.9 Å². The SMILES string of the molecule is Cc1ccc(-c2nnc(NC(=O)C3CCCN(S(=O)(=O)c4ccc(Cl)cc4)C3)o2)cc1C. The molecule has 1 aliphatic heterocycles. The van der Waals surface area contributed by atoms with Crippen molar-refractivity contribution >= 4 is 33.5 Å². The smallest absolute Gasteiger partial charge is 0.322 e. The summed E-state index contributed by atoms with van der Waals surface area (Å²) in [6.45, 7) is 4.44. The Labute approximate surface area is 191 Å². The van der Waals surface area contributed by atoms with Crippen molar-refractivity contribution in [1.82, 2.24) is 14.5 Å². The summed E-state index contributed by atoms with van der Waals surface area (Å²) in [6, 6.07) is 11.8. The number of nitrogens with zero attached hydrogens (tertiary/aromatic N) is 3. The van der Waals surface area contributed by atoms with Gasteiger partial charge in [0.15, 0.2) is 0 Å². The molecule has 1 N–H and O–H groups in total. The molecule has 0 bridgehead atoms. The van der Waals surface area contributed by atoms with Crippen molar-refractivity contribution in [3.63, 3.8) is 0 Å². The first-order valence-corrected chi connectivity index (χ1v) is 12.0. The number of carbonyl (C=O) groups is 1. The van der Waals surface area contributed by atoms with Crippen LogP contribution in [0.2, 0.25) is 5.02 Å². The fourth-order valence-corrected chi connectivity index (χ4v) is 5.25. The van der Waals surface area contributed by atoms with E-state index >= 15 is 0 Å². The lowest BCUT2D eigenvalue weighted by atomic mass is 9.99. The molecule has 10 heteroatoms. The predicted octanol–water partition coefficient (Wildman–Crippen LogP) is 4.05. The summed E-state index contributed by atoms with van der Waals surface area (Å²) in [5.41, 5.74) is 3.01. The molecule has 1 saturated heterocycles. The van der Waals surface area contributed by atoms with Crippen molar-refractivity contribution in [1.29, 1.82) is 0 Å². The number of hydrogen-bond donors (Lipinski definition) is 1. The molecule has 0 saturated carbocycles. The maximum Gasteiger partial charge on any atom is 0.322 e. The van der Waals surface area contributed by atoms with E-state index in [0.29, 0.717) is 30.3 Å². The number of sulfonamides is 1. The molecule has 0 aliphatic carbocycles. The van der Waals surface area contributed by atoms with Gasteiger partial charge in [0.2, 0.25) is 21.8 Å². The Balaban J connectivity index is 1.44. The molecule has 4 rings (SSSR count). The highest BCUT2D eigenvalue weighted by Gasteiger charge is 2.33. The number of amides is 1. The van der Waals surface area contributed by atoms with Gasteiger partial charge in [-0.2, -0.15) is 4.31 Å². The van der Waals surface area contributed by atoms with Crippen molar-refractivity contribution in [2.24, 2.45) is 5.92 Å². The van der Waals surface area contributed by atoms with Crippen LogP contribution < -0.4 is 5.32 Å². The zero-order chi connectivity index (χ0) is 22.9.